The number of H-pyrrole nitrogens is 1. The number of ether oxygens (including phenoxy) is 2. The minimum absolute atomic E-state index is 0. The molecule has 0 spiro atoms. The number of rotatable bonds is 6. The molecule has 0 aliphatic carbocycles. The van der Waals surface area contributed by atoms with Crippen molar-refractivity contribution in [2.45, 2.75) is 12.0 Å². The number of hydrogen-bond donors (Lipinski definition) is 2. The number of benzene rings is 4. The van der Waals surface area contributed by atoms with Crippen molar-refractivity contribution in [2.75, 3.05) is 13.7 Å². The van der Waals surface area contributed by atoms with E-state index in [0.717, 1.165) is 33.3 Å². The van der Waals surface area contributed by atoms with Crippen LogP contribution in [0.2, 0.25) is 5.02 Å². The normalized spacial score (nSPS) is 16.3. The fourth-order valence-electron chi connectivity index (χ4n) is 5.25. The molecule has 0 radical (unpaired) electrons. The predicted octanol–water partition coefficient (Wildman–Crippen LogP) is 7.78. The largest absolute Gasteiger partial charge is 0.497 e. The molecule has 2 heterocycles. The molecule has 5 aromatic rings. The van der Waals surface area contributed by atoms with E-state index in [1.54, 1.807) is 43.5 Å². The number of aromatic nitrogens is 1. The van der Waals surface area contributed by atoms with Crippen LogP contribution in [0.25, 0.3) is 10.9 Å². The van der Waals surface area contributed by atoms with Crippen LogP contribution in [0, 0.1) is 10.1 Å². The molecule has 0 bridgehead atoms. The Morgan fingerprint density at radius 3 is 2.41 bits per heavy atom. The number of nitrogens with zero attached hydrogens (tertiary/aromatic N) is 1. The van der Waals surface area contributed by atoms with Crippen molar-refractivity contribution < 1.29 is 14.4 Å². The van der Waals surface area contributed by atoms with Crippen LogP contribution < -0.4 is 14.8 Å². The fraction of sp³-hybridized carbons (Fsp3) is 0.133. The summed E-state index contributed by atoms with van der Waals surface area (Å²) in [5, 5.41) is 17.5. The van der Waals surface area contributed by atoms with Gasteiger partial charge in [-0.1, -0.05) is 54.1 Å². The third-order valence-electron chi connectivity index (χ3n) is 7.02. The molecular formula is C30H25Cl2N3O4. The van der Waals surface area contributed by atoms with Gasteiger partial charge in [0.2, 0.25) is 5.75 Å². The van der Waals surface area contributed by atoms with E-state index in [9.17, 15) is 10.1 Å². The van der Waals surface area contributed by atoms with Crippen molar-refractivity contribution in [1.82, 2.24) is 10.3 Å². The Labute approximate surface area is 236 Å². The van der Waals surface area contributed by atoms with E-state index in [2.05, 4.69) is 22.4 Å². The highest BCUT2D eigenvalue weighted by atomic mass is 35.5. The van der Waals surface area contributed by atoms with E-state index < -0.39 is 4.92 Å². The van der Waals surface area contributed by atoms with Crippen LogP contribution in [0.3, 0.4) is 0 Å². The van der Waals surface area contributed by atoms with Gasteiger partial charge in [-0.05, 0) is 59.2 Å². The molecule has 0 amide bonds. The summed E-state index contributed by atoms with van der Waals surface area (Å²) in [5.74, 6) is 1.36. The Balaban J connectivity index is 0.00000308. The van der Waals surface area contributed by atoms with Gasteiger partial charge in [-0.25, -0.2) is 0 Å². The van der Waals surface area contributed by atoms with Crippen LogP contribution in [0.4, 0.5) is 5.69 Å². The lowest BCUT2D eigenvalue weighted by atomic mass is 9.83. The number of aromatic amines is 1. The summed E-state index contributed by atoms with van der Waals surface area (Å²) in [4.78, 5) is 15.2. The van der Waals surface area contributed by atoms with E-state index >= 15 is 0 Å². The molecule has 2 N–H and O–H groups in total. The zero-order valence-electron chi connectivity index (χ0n) is 20.9. The van der Waals surface area contributed by atoms with Gasteiger partial charge >= 0.3 is 5.69 Å². The molecule has 9 heteroatoms. The topological polar surface area (TPSA) is 89.4 Å². The zero-order chi connectivity index (χ0) is 26.2. The lowest BCUT2D eigenvalue weighted by Crippen LogP contribution is -2.34. The van der Waals surface area contributed by atoms with Crippen LogP contribution in [0.5, 0.6) is 17.2 Å². The number of hydrogen-bond acceptors (Lipinski definition) is 5. The first-order chi connectivity index (χ1) is 18.5. The van der Waals surface area contributed by atoms with Crippen molar-refractivity contribution in [1.29, 1.82) is 0 Å². The lowest BCUT2D eigenvalue weighted by Gasteiger charge is -2.31. The Kier molecular flexibility index (Phi) is 7.48. The molecule has 2 atom stereocenters. The average Bonchev–Trinajstić information content (AvgIpc) is 3.33. The quantitative estimate of drug-likeness (QED) is 0.163. The van der Waals surface area contributed by atoms with Gasteiger partial charge in [-0.3, -0.25) is 10.1 Å². The number of nitro benzene ring substituents is 1. The van der Waals surface area contributed by atoms with Crippen molar-refractivity contribution in [3.8, 4) is 17.2 Å². The zero-order valence-corrected chi connectivity index (χ0v) is 22.5. The Morgan fingerprint density at radius 1 is 0.949 bits per heavy atom. The highest BCUT2D eigenvalue weighted by Crippen LogP contribution is 2.44. The van der Waals surface area contributed by atoms with Gasteiger partial charge in [-0.15, -0.1) is 12.4 Å². The van der Waals surface area contributed by atoms with E-state index in [1.165, 1.54) is 0 Å². The first-order valence-electron chi connectivity index (χ1n) is 12.2. The van der Waals surface area contributed by atoms with Gasteiger partial charge in [0.05, 0.1) is 18.1 Å². The Bertz CT molecular complexity index is 1650. The molecule has 0 fully saturated rings. The lowest BCUT2D eigenvalue weighted by molar-refractivity contribution is -0.385. The summed E-state index contributed by atoms with van der Waals surface area (Å²) < 4.78 is 11.1. The number of fused-ring (bicyclic) bond motifs is 3. The summed E-state index contributed by atoms with van der Waals surface area (Å²) in [7, 11) is 1.58. The SMILES string of the molecule is COc1ccc(Oc2ccc(C3NCC(c4ccccc4Cl)c4c3[nH]c3ccccc43)cc2[N+](=O)[O-])cc1.Cl. The first-order valence-corrected chi connectivity index (χ1v) is 12.6. The second-order valence-corrected chi connectivity index (χ2v) is 9.58. The molecule has 1 aliphatic rings. The Hall–Kier alpha value is -4.04. The predicted molar refractivity (Wildman–Crippen MR) is 155 cm³/mol. The molecule has 6 rings (SSSR count). The second-order valence-electron chi connectivity index (χ2n) is 9.18. The second kappa shape index (κ2) is 11.0. The third-order valence-corrected chi connectivity index (χ3v) is 7.37. The van der Waals surface area contributed by atoms with Gasteiger partial charge in [-0.2, -0.15) is 0 Å². The van der Waals surface area contributed by atoms with Gasteiger partial charge < -0.3 is 19.8 Å². The van der Waals surface area contributed by atoms with Gasteiger partial charge in [0.15, 0.2) is 0 Å². The Morgan fingerprint density at radius 2 is 1.67 bits per heavy atom. The molecule has 198 valence electrons. The molecule has 1 aliphatic heterocycles. The molecule has 0 saturated heterocycles. The van der Waals surface area contributed by atoms with Gasteiger partial charge in [0.25, 0.3) is 0 Å². The van der Waals surface area contributed by atoms with Crippen LogP contribution >= 0.6 is 24.0 Å². The standard InChI is InChI=1S/C30H24ClN3O4.ClH/c1-37-19-11-13-20(14-12-19)38-27-15-10-18(16-26(27)34(35)36)29-30-28(22-7-3-5-9-25(22)33-30)23(17-32-29)21-6-2-4-8-24(21)31;/h2-16,23,29,32-33H,17H2,1H3;1H. The third kappa shape index (κ3) is 4.92. The number of nitro groups is 1. The smallest absolute Gasteiger partial charge is 0.311 e. The highest BCUT2D eigenvalue weighted by Gasteiger charge is 2.34. The summed E-state index contributed by atoms with van der Waals surface area (Å²) >= 11 is 6.62. The minimum atomic E-state index is -0.413. The van der Waals surface area contributed by atoms with Crippen LogP contribution in [-0.4, -0.2) is 23.6 Å². The maximum atomic E-state index is 12.1. The van der Waals surface area contributed by atoms with Crippen molar-refractivity contribution in [3.05, 3.63) is 129 Å². The average molecular weight is 562 g/mol. The van der Waals surface area contributed by atoms with E-state index in [-0.39, 0.29) is 35.8 Å². The molecule has 4 aromatic carbocycles. The molecule has 1 aromatic heterocycles. The van der Waals surface area contributed by atoms with E-state index in [0.29, 0.717) is 23.1 Å². The molecule has 2 unspecified atom stereocenters. The number of halogens is 2. The molecule has 0 saturated carbocycles. The van der Waals surface area contributed by atoms with Crippen LogP contribution in [-0.2, 0) is 0 Å². The van der Waals surface area contributed by atoms with Crippen molar-refractivity contribution in [3.63, 3.8) is 0 Å². The fourth-order valence-corrected chi connectivity index (χ4v) is 5.52. The van der Waals surface area contributed by atoms with Crippen molar-refractivity contribution in [2.24, 2.45) is 0 Å². The molecular weight excluding hydrogens is 537 g/mol. The summed E-state index contributed by atoms with van der Waals surface area (Å²) in [6.45, 7) is 0.626. The minimum Gasteiger partial charge on any atom is -0.497 e. The monoisotopic (exact) mass is 561 g/mol. The first kappa shape index (κ1) is 26.6. The number of methoxy groups -OCH3 is 1. The van der Waals surface area contributed by atoms with E-state index in [4.69, 9.17) is 21.1 Å². The maximum absolute atomic E-state index is 12.1. The van der Waals surface area contributed by atoms with E-state index in [1.807, 2.05) is 42.5 Å². The van der Waals surface area contributed by atoms with Crippen LogP contribution in [0.1, 0.15) is 34.3 Å². The molecule has 39 heavy (non-hydrogen) atoms. The molecule has 7 nitrogen and oxygen atoms in total. The van der Waals surface area contributed by atoms with Gasteiger partial charge in [0.1, 0.15) is 11.5 Å². The number of nitrogens with one attached hydrogen (secondary N) is 2. The number of para-hydroxylation sites is 1. The summed E-state index contributed by atoms with van der Waals surface area (Å²) in [6, 6.07) is 27.8. The maximum Gasteiger partial charge on any atom is 0.311 e. The highest BCUT2D eigenvalue weighted by molar-refractivity contribution is 6.31. The van der Waals surface area contributed by atoms with Crippen LogP contribution in [0.15, 0.2) is 91.0 Å². The van der Waals surface area contributed by atoms with Crippen molar-refractivity contribution >= 4 is 40.6 Å². The van der Waals surface area contributed by atoms with Gasteiger partial charge in [0, 0.05) is 40.1 Å². The summed E-state index contributed by atoms with van der Waals surface area (Å²) in [5.41, 5.74) is 4.84. The summed E-state index contributed by atoms with van der Waals surface area (Å²) in [6.07, 6.45) is 0.